The van der Waals surface area contributed by atoms with Gasteiger partial charge in [-0.25, -0.2) is 0 Å². The highest BCUT2D eigenvalue weighted by atomic mass is 16.5. The monoisotopic (exact) mass is 300 g/mol. The van der Waals surface area contributed by atoms with Crippen LogP contribution >= 0.6 is 0 Å². The SMILES string of the molecule is CCCc1cccnc1C1(OC)Cc2cnoc2C(C)(C)C1. The van der Waals surface area contributed by atoms with E-state index >= 15 is 0 Å². The standard InChI is InChI=1S/C18H24N2O2/c1-5-7-13-8-6-9-19-15(13)18(21-4)10-14-11-20-22-16(14)17(2,3)12-18/h6,8-9,11H,5,7,10,12H2,1-4H3. The number of ether oxygens (including phenoxy) is 1. The molecule has 1 aliphatic carbocycles. The molecule has 0 fully saturated rings. The zero-order valence-corrected chi connectivity index (χ0v) is 13.8. The molecule has 0 spiro atoms. The first kappa shape index (κ1) is 15.2. The van der Waals surface area contributed by atoms with Crippen LogP contribution in [0.5, 0.6) is 0 Å². The molecule has 0 saturated carbocycles. The van der Waals surface area contributed by atoms with Crippen LogP contribution in [-0.2, 0) is 28.6 Å². The van der Waals surface area contributed by atoms with E-state index in [4.69, 9.17) is 14.2 Å². The fourth-order valence-electron chi connectivity index (χ4n) is 3.84. The lowest BCUT2D eigenvalue weighted by Crippen LogP contribution is -2.43. The molecule has 0 aromatic carbocycles. The second kappa shape index (κ2) is 5.51. The largest absolute Gasteiger partial charge is 0.372 e. The first-order valence-electron chi connectivity index (χ1n) is 7.96. The van der Waals surface area contributed by atoms with E-state index in [2.05, 4.69) is 32.0 Å². The molecule has 2 heterocycles. The van der Waals surface area contributed by atoms with Crippen molar-refractivity contribution in [3.63, 3.8) is 0 Å². The molecule has 0 radical (unpaired) electrons. The summed E-state index contributed by atoms with van der Waals surface area (Å²) in [7, 11) is 1.79. The predicted octanol–water partition coefficient (Wildman–Crippen LogP) is 3.79. The van der Waals surface area contributed by atoms with E-state index in [1.54, 1.807) is 7.11 Å². The summed E-state index contributed by atoms with van der Waals surface area (Å²) < 4.78 is 11.6. The zero-order chi connectivity index (χ0) is 15.8. The predicted molar refractivity (Wildman–Crippen MR) is 84.8 cm³/mol. The molecule has 1 aliphatic rings. The summed E-state index contributed by atoms with van der Waals surface area (Å²) in [5.41, 5.74) is 2.95. The minimum atomic E-state index is -0.409. The van der Waals surface area contributed by atoms with Crippen molar-refractivity contribution in [2.24, 2.45) is 0 Å². The third kappa shape index (κ3) is 2.35. The fourth-order valence-corrected chi connectivity index (χ4v) is 3.84. The van der Waals surface area contributed by atoms with Gasteiger partial charge in [-0.1, -0.05) is 38.4 Å². The molecular formula is C18H24N2O2. The summed E-state index contributed by atoms with van der Waals surface area (Å²) in [4.78, 5) is 4.71. The van der Waals surface area contributed by atoms with Crippen LogP contribution < -0.4 is 0 Å². The van der Waals surface area contributed by atoms with Crippen LogP contribution in [0.25, 0.3) is 0 Å². The topological polar surface area (TPSA) is 48.2 Å². The van der Waals surface area contributed by atoms with Gasteiger partial charge in [0, 0.05) is 30.7 Å². The molecule has 2 aromatic rings. The second-order valence-corrected chi connectivity index (χ2v) is 6.88. The molecule has 0 aliphatic heterocycles. The van der Waals surface area contributed by atoms with Crippen LogP contribution in [0.2, 0.25) is 0 Å². The molecular weight excluding hydrogens is 276 g/mol. The first-order chi connectivity index (χ1) is 10.5. The van der Waals surface area contributed by atoms with Crippen LogP contribution in [0.15, 0.2) is 29.0 Å². The highest BCUT2D eigenvalue weighted by Crippen LogP contribution is 2.48. The average Bonchev–Trinajstić information content (AvgIpc) is 2.96. The second-order valence-electron chi connectivity index (χ2n) is 6.88. The molecule has 4 heteroatoms. The number of aryl methyl sites for hydroxylation is 1. The van der Waals surface area contributed by atoms with Gasteiger partial charge in [0.2, 0.25) is 0 Å². The molecule has 0 amide bonds. The molecule has 0 N–H and O–H groups in total. The Bertz CT molecular complexity index is 663. The van der Waals surface area contributed by atoms with E-state index in [-0.39, 0.29) is 5.41 Å². The van der Waals surface area contributed by atoms with Gasteiger partial charge in [0.05, 0.1) is 11.9 Å². The summed E-state index contributed by atoms with van der Waals surface area (Å²) >= 11 is 0. The van der Waals surface area contributed by atoms with Crippen molar-refractivity contribution in [3.05, 3.63) is 47.1 Å². The number of aromatic nitrogens is 2. The van der Waals surface area contributed by atoms with Gasteiger partial charge in [-0.15, -0.1) is 0 Å². The van der Waals surface area contributed by atoms with Crippen LogP contribution in [0.3, 0.4) is 0 Å². The number of nitrogens with zero attached hydrogens (tertiary/aromatic N) is 2. The molecule has 0 bridgehead atoms. The molecule has 3 rings (SSSR count). The average molecular weight is 300 g/mol. The molecule has 22 heavy (non-hydrogen) atoms. The van der Waals surface area contributed by atoms with Crippen molar-refractivity contribution in [3.8, 4) is 0 Å². The smallest absolute Gasteiger partial charge is 0.145 e. The molecule has 0 saturated heterocycles. The van der Waals surface area contributed by atoms with Crippen molar-refractivity contribution in [1.82, 2.24) is 10.1 Å². The van der Waals surface area contributed by atoms with Gasteiger partial charge in [0.1, 0.15) is 11.4 Å². The van der Waals surface area contributed by atoms with E-state index in [0.29, 0.717) is 0 Å². The van der Waals surface area contributed by atoms with Gasteiger partial charge in [-0.3, -0.25) is 4.98 Å². The minimum Gasteiger partial charge on any atom is -0.372 e. The van der Waals surface area contributed by atoms with Crippen LogP contribution in [0.4, 0.5) is 0 Å². The van der Waals surface area contributed by atoms with Gasteiger partial charge >= 0.3 is 0 Å². The molecule has 4 nitrogen and oxygen atoms in total. The molecule has 2 aromatic heterocycles. The number of methoxy groups -OCH3 is 1. The Kier molecular flexibility index (Phi) is 3.81. The number of fused-ring (bicyclic) bond motifs is 1. The highest BCUT2D eigenvalue weighted by Gasteiger charge is 2.48. The third-order valence-electron chi connectivity index (χ3n) is 4.70. The van der Waals surface area contributed by atoms with E-state index in [1.165, 1.54) is 5.56 Å². The van der Waals surface area contributed by atoms with Crippen molar-refractivity contribution >= 4 is 0 Å². The van der Waals surface area contributed by atoms with E-state index in [1.807, 2.05) is 18.5 Å². The Balaban J connectivity index is 2.12. The minimum absolute atomic E-state index is 0.124. The maximum absolute atomic E-state index is 6.08. The highest BCUT2D eigenvalue weighted by molar-refractivity contribution is 5.35. The summed E-state index contributed by atoms with van der Waals surface area (Å²) in [6.45, 7) is 6.57. The third-order valence-corrected chi connectivity index (χ3v) is 4.70. The Morgan fingerprint density at radius 1 is 1.36 bits per heavy atom. The lowest BCUT2D eigenvalue weighted by molar-refractivity contribution is -0.0514. The summed E-state index contributed by atoms with van der Waals surface area (Å²) in [5, 5.41) is 4.00. The van der Waals surface area contributed by atoms with Crippen molar-refractivity contribution in [2.45, 2.75) is 57.5 Å². The van der Waals surface area contributed by atoms with Crippen LogP contribution in [0.1, 0.15) is 56.2 Å². The lowest BCUT2D eigenvalue weighted by Gasteiger charge is -2.42. The van der Waals surface area contributed by atoms with Gasteiger partial charge in [0.25, 0.3) is 0 Å². The first-order valence-corrected chi connectivity index (χ1v) is 7.96. The van der Waals surface area contributed by atoms with Crippen LogP contribution in [-0.4, -0.2) is 17.3 Å². The molecule has 118 valence electrons. The van der Waals surface area contributed by atoms with Crippen molar-refractivity contribution in [1.29, 1.82) is 0 Å². The Morgan fingerprint density at radius 3 is 2.91 bits per heavy atom. The number of pyridine rings is 1. The van der Waals surface area contributed by atoms with Gasteiger partial charge in [-0.2, -0.15) is 0 Å². The summed E-state index contributed by atoms with van der Waals surface area (Å²) in [5.74, 6) is 0.980. The summed E-state index contributed by atoms with van der Waals surface area (Å²) in [6.07, 6.45) is 7.41. The van der Waals surface area contributed by atoms with E-state index in [0.717, 1.165) is 42.7 Å². The quantitative estimate of drug-likeness (QED) is 0.862. The van der Waals surface area contributed by atoms with E-state index < -0.39 is 5.60 Å². The maximum Gasteiger partial charge on any atom is 0.145 e. The Morgan fingerprint density at radius 2 is 2.18 bits per heavy atom. The van der Waals surface area contributed by atoms with Crippen LogP contribution in [0, 0.1) is 0 Å². The van der Waals surface area contributed by atoms with Crippen molar-refractivity contribution in [2.75, 3.05) is 7.11 Å². The number of hydrogen-bond acceptors (Lipinski definition) is 4. The van der Waals surface area contributed by atoms with Crippen molar-refractivity contribution < 1.29 is 9.26 Å². The molecule has 1 unspecified atom stereocenters. The number of hydrogen-bond donors (Lipinski definition) is 0. The van der Waals surface area contributed by atoms with Gasteiger partial charge in [-0.05, 0) is 24.5 Å². The number of rotatable bonds is 4. The van der Waals surface area contributed by atoms with Gasteiger partial charge in [0.15, 0.2) is 0 Å². The Labute approximate surface area is 131 Å². The van der Waals surface area contributed by atoms with E-state index in [9.17, 15) is 0 Å². The molecule has 1 atom stereocenters. The normalized spacial score (nSPS) is 23.3. The maximum atomic E-state index is 6.08. The Hall–Kier alpha value is -1.68. The summed E-state index contributed by atoms with van der Waals surface area (Å²) in [6, 6.07) is 4.18. The van der Waals surface area contributed by atoms with Gasteiger partial charge < -0.3 is 9.26 Å². The fraction of sp³-hybridized carbons (Fsp3) is 0.556. The zero-order valence-electron chi connectivity index (χ0n) is 13.8. The lowest BCUT2D eigenvalue weighted by atomic mass is 9.67.